The number of aryl methyl sites for hydroxylation is 1. The Bertz CT molecular complexity index is 509. The van der Waals surface area contributed by atoms with E-state index in [1.165, 1.54) is 0 Å². The molecule has 16 heavy (non-hydrogen) atoms. The zero-order chi connectivity index (χ0) is 11.5. The molecular formula is C13H11Cl2N. The van der Waals surface area contributed by atoms with Crippen molar-refractivity contribution in [3.05, 3.63) is 63.4 Å². The molecule has 0 spiro atoms. The lowest BCUT2D eigenvalue weighted by molar-refractivity contribution is 1.16. The Hall–Kier alpha value is -1.05. The maximum Gasteiger partial charge on any atom is 0.129 e. The number of hydrogen-bond donors (Lipinski definition) is 0. The molecule has 0 amide bonds. The van der Waals surface area contributed by atoms with Crippen LogP contribution >= 0.6 is 23.2 Å². The normalized spacial score (nSPS) is 10.4. The van der Waals surface area contributed by atoms with Crippen LogP contribution in [0, 0.1) is 6.92 Å². The largest absolute Gasteiger partial charge is 0.245 e. The van der Waals surface area contributed by atoms with Crippen molar-refractivity contribution in [3.8, 4) is 0 Å². The molecule has 0 N–H and O–H groups in total. The molecule has 1 nitrogen and oxygen atoms in total. The second kappa shape index (κ2) is 4.86. The molecule has 2 rings (SSSR count). The summed E-state index contributed by atoms with van der Waals surface area (Å²) in [6, 6.07) is 9.86. The van der Waals surface area contributed by atoms with Crippen LogP contribution in [0.15, 0.2) is 36.5 Å². The number of aromatic nitrogens is 1. The lowest BCUT2D eigenvalue weighted by Gasteiger charge is -2.06. The van der Waals surface area contributed by atoms with Gasteiger partial charge in [0.15, 0.2) is 0 Å². The van der Waals surface area contributed by atoms with Crippen molar-refractivity contribution in [1.82, 2.24) is 4.98 Å². The third kappa shape index (κ3) is 2.55. The number of rotatable bonds is 2. The van der Waals surface area contributed by atoms with Gasteiger partial charge in [0.2, 0.25) is 0 Å². The van der Waals surface area contributed by atoms with E-state index < -0.39 is 0 Å². The van der Waals surface area contributed by atoms with Crippen LogP contribution < -0.4 is 0 Å². The van der Waals surface area contributed by atoms with Crippen LogP contribution in [0.1, 0.15) is 16.7 Å². The maximum absolute atomic E-state index is 6.23. The molecule has 0 bridgehead atoms. The van der Waals surface area contributed by atoms with E-state index in [0.29, 0.717) is 5.15 Å². The van der Waals surface area contributed by atoms with Crippen molar-refractivity contribution in [1.29, 1.82) is 0 Å². The minimum atomic E-state index is 0.515. The SMILES string of the molecule is Cc1cccc(Cc2ccnc(Cl)c2)c1Cl. The Morgan fingerprint density at radius 2 is 2.00 bits per heavy atom. The molecular weight excluding hydrogens is 241 g/mol. The molecule has 82 valence electrons. The molecule has 0 unspecified atom stereocenters. The van der Waals surface area contributed by atoms with Gasteiger partial charge in [-0.15, -0.1) is 0 Å². The van der Waals surface area contributed by atoms with Crippen molar-refractivity contribution in [3.63, 3.8) is 0 Å². The minimum Gasteiger partial charge on any atom is -0.245 e. The molecule has 0 aliphatic rings. The molecule has 0 radical (unpaired) electrons. The Morgan fingerprint density at radius 3 is 2.75 bits per heavy atom. The van der Waals surface area contributed by atoms with Crippen molar-refractivity contribution >= 4 is 23.2 Å². The molecule has 1 aromatic carbocycles. The molecule has 1 aromatic heterocycles. The number of hydrogen-bond acceptors (Lipinski definition) is 1. The number of benzene rings is 1. The van der Waals surface area contributed by atoms with Crippen molar-refractivity contribution in [2.45, 2.75) is 13.3 Å². The smallest absolute Gasteiger partial charge is 0.129 e. The molecule has 0 fully saturated rings. The van der Waals surface area contributed by atoms with Crippen molar-refractivity contribution in [2.75, 3.05) is 0 Å². The summed E-state index contributed by atoms with van der Waals surface area (Å²) in [6.07, 6.45) is 2.49. The fourth-order valence-electron chi connectivity index (χ4n) is 1.62. The van der Waals surface area contributed by atoms with E-state index in [4.69, 9.17) is 23.2 Å². The fraction of sp³-hybridized carbons (Fsp3) is 0.154. The highest BCUT2D eigenvalue weighted by molar-refractivity contribution is 6.32. The summed E-state index contributed by atoms with van der Waals surface area (Å²) in [6.45, 7) is 2.01. The van der Waals surface area contributed by atoms with Crippen LogP contribution in [0.4, 0.5) is 0 Å². The van der Waals surface area contributed by atoms with E-state index in [2.05, 4.69) is 4.98 Å². The second-order valence-electron chi connectivity index (χ2n) is 3.71. The van der Waals surface area contributed by atoms with Crippen LogP contribution in [-0.4, -0.2) is 4.98 Å². The fourth-order valence-corrected chi connectivity index (χ4v) is 2.01. The van der Waals surface area contributed by atoms with Gasteiger partial charge < -0.3 is 0 Å². The quantitative estimate of drug-likeness (QED) is 0.726. The zero-order valence-corrected chi connectivity index (χ0v) is 10.4. The molecule has 1 heterocycles. The summed E-state index contributed by atoms with van der Waals surface area (Å²) < 4.78 is 0. The lowest BCUT2D eigenvalue weighted by Crippen LogP contribution is -1.91. The molecule has 0 saturated heterocycles. The predicted molar refractivity (Wildman–Crippen MR) is 68.2 cm³/mol. The minimum absolute atomic E-state index is 0.515. The average Bonchev–Trinajstić information content (AvgIpc) is 2.25. The summed E-state index contributed by atoms with van der Waals surface area (Å²) in [7, 11) is 0. The molecule has 3 heteroatoms. The van der Waals surface area contributed by atoms with Gasteiger partial charge in [0, 0.05) is 11.2 Å². The third-order valence-electron chi connectivity index (χ3n) is 2.46. The van der Waals surface area contributed by atoms with Crippen LogP contribution in [0.5, 0.6) is 0 Å². The van der Waals surface area contributed by atoms with Crippen molar-refractivity contribution < 1.29 is 0 Å². The van der Waals surface area contributed by atoms with E-state index in [1.54, 1.807) is 6.20 Å². The van der Waals surface area contributed by atoms with E-state index in [0.717, 1.165) is 28.1 Å². The predicted octanol–water partition coefficient (Wildman–Crippen LogP) is 4.29. The van der Waals surface area contributed by atoms with E-state index in [9.17, 15) is 0 Å². The Balaban J connectivity index is 2.31. The molecule has 0 saturated carbocycles. The van der Waals surface area contributed by atoms with Crippen LogP contribution in [0.3, 0.4) is 0 Å². The van der Waals surface area contributed by atoms with Crippen molar-refractivity contribution in [2.24, 2.45) is 0 Å². The van der Waals surface area contributed by atoms with Gasteiger partial charge in [-0.1, -0.05) is 41.4 Å². The summed E-state index contributed by atoms with van der Waals surface area (Å²) in [4.78, 5) is 3.95. The zero-order valence-electron chi connectivity index (χ0n) is 8.87. The van der Waals surface area contributed by atoms with E-state index in [-0.39, 0.29) is 0 Å². The van der Waals surface area contributed by atoms with Gasteiger partial charge in [0.1, 0.15) is 5.15 Å². The molecule has 2 aromatic rings. The van der Waals surface area contributed by atoms with E-state index >= 15 is 0 Å². The average molecular weight is 252 g/mol. The number of halogens is 2. The monoisotopic (exact) mass is 251 g/mol. The highest BCUT2D eigenvalue weighted by Gasteiger charge is 2.04. The number of pyridine rings is 1. The standard InChI is InChI=1S/C13H11Cl2N/c1-9-3-2-4-11(13(9)15)7-10-5-6-16-12(14)8-10/h2-6,8H,7H2,1H3. The first-order valence-corrected chi connectivity index (χ1v) is 5.77. The summed E-state index contributed by atoms with van der Waals surface area (Å²) >= 11 is 12.1. The summed E-state index contributed by atoms with van der Waals surface area (Å²) in [5, 5.41) is 1.34. The lowest BCUT2D eigenvalue weighted by atomic mass is 10.0. The maximum atomic E-state index is 6.23. The summed E-state index contributed by atoms with van der Waals surface area (Å²) in [5.41, 5.74) is 3.33. The van der Waals surface area contributed by atoms with Gasteiger partial charge in [-0.2, -0.15) is 0 Å². The highest BCUT2D eigenvalue weighted by atomic mass is 35.5. The van der Waals surface area contributed by atoms with Gasteiger partial charge in [0.25, 0.3) is 0 Å². The van der Waals surface area contributed by atoms with Crippen LogP contribution in [0.2, 0.25) is 10.2 Å². The first kappa shape index (κ1) is 11.4. The van der Waals surface area contributed by atoms with Gasteiger partial charge in [-0.25, -0.2) is 4.98 Å². The van der Waals surface area contributed by atoms with Crippen LogP contribution in [-0.2, 0) is 6.42 Å². The third-order valence-corrected chi connectivity index (χ3v) is 3.20. The first-order valence-electron chi connectivity index (χ1n) is 5.01. The summed E-state index contributed by atoms with van der Waals surface area (Å²) in [5.74, 6) is 0. The Morgan fingerprint density at radius 1 is 1.19 bits per heavy atom. The van der Waals surface area contributed by atoms with Gasteiger partial charge in [-0.05, 0) is 42.2 Å². The van der Waals surface area contributed by atoms with Gasteiger partial charge in [0.05, 0.1) is 0 Å². The topological polar surface area (TPSA) is 12.9 Å². The Kier molecular flexibility index (Phi) is 3.47. The Labute approximate surface area is 105 Å². The number of nitrogens with zero attached hydrogens (tertiary/aromatic N) is 1. The van der Waals surface area contributed by atoms with Gasteiger partial charge >= 0.3 is 0 Å². The van der Waals surface area contributed by atoms with Gasteiger partial charge in [-0.3, -0.25) is 0 Å². The second-order valence-corrected chi connectivity index (χ2v) is 4.48. The first-order chi connectivity index (χ1) is 7.66. The van der Waals surface area contributed by atoms with E-state index in [1.807, 2.05) is 37.3 Å². The molecule has 0 atom stereocenters. The molecule has 0 aliphatic heterocycles. The van der Waals surface area contributed by atoms with Crippen LogP contribution in [0.25, 0.3) is 0 Å². The highest BCUT2D eigenvalue weighted by Crippen LogP contribution is 2.23. The molecule has 0 aliphatic carbocycles.